The summed E-state index contributed by atoms with van der Waals surface area (Å²) in [5.41, 5.74) is 1.94. The maximum absolute atomic E-state index is 13.0. The standard InChI is InChI=1S/C21H25N3O4/c1-15-5-6-16(14-22-15)20(25)23-9-4-10-24(12-11-23)21(26)18-8-7-17(27-2)13-19(18)28-3/h5-8,13-14H,4,9-12H2,1-3H3. The molecule has 7 nitrogen and oxygen atoms in total. The number of rotatable bonds is 4. The molecule has 1 aromatic carbocycles. The molecule has 1 aliphatic heterocycles. The molecule has 0 spiro atoms. The van der Waals surface area contributed by atoms with Crippen LogP contribution in [-0.4, -0.2) is 67.0 Å². The molecular weight excluding hydrogens is 358 g/mol. The second-order valence-electron chi connectivity index (χ2n) is 6.69. The quantitative estimate of drug-likeness (QED) is 0.811. The fraction of sp³-hybridized carbons (Fsp3) is 0.381. The Hall–Kier alpha value is -3.09. The van der Waals surface area contributed by atoms with Crippen molar-refractivity contribution in [1.29, 1.82) is 0 Å². The Morgan fingerprint density at radius 1 is 0.929 bits per heavy atom. The molecule has 0 N–H and O–H groups in total. The summed E-state index contributed by atoms with van der Waals surface area (Å²) < 4.78 is 10.6. The molecule has 1 saturated heterocycles. The summed E-state index contributed by atoms with van der Waals surface area (Å²) >= 11 is 0. The second kappa shape index (κ2) is 8.73. The number of amides is 2. The Kier molecular flexibility index (Phi) is 6.13. The molecule has 0 bridgehead atoms. The lowest BCUT2D eigenvalue weighted by molar-refractivity contribution is 0.0716. The number of benzene rings is 1. The van der Waals surface area contributed by atoms with E-state index in [1.165, 1.54) is 7.11 Å². The lowest BCUT2D eigenvalue weighted by Crippen LogP contribution is -2.37. The summed E-state index contributed by atoms with van der Waals surface area (Å²) in [6.07, 6.45) is 2.32. The third-order valence-corrected chi connectivity index (χ3v) is 4.87. The smallest absolute Gasteiger partial charge is 0.257 e. The van der Waals surface area contributed by atoms with Gasteiger partial charge in [0, 0.05) is 44.1 Å². The van der Waals surface area contributed by atoms with Gasteiger partial charge in [0.2, 0.25) is 0 Å². The molecule has 28 heavy (non-hydrogen) atoms. The Morgan fingerprint density at radius 3 is 2.25 bits per heavy atom. The molecule has 1 aromatic heterocycles. The molecule has 3 rings (SSSR count). The molecule has 0 atom stereocenters. The van der Waals surface area contributed by atoms with Crippen molar-refractivity contribution in [2.75, 3.05) is 40.4 Å². The Bertz CT molecular complexity index is 851. The van der Waals surface area contributed by atoms with Gasteiger partial charge in [0.25, 0.3) is 11.8 Å². The van der Waals surface area contributed by atoms with Crippen LogP contribution in [0.5, 0.6) is 11.5 Å². The molecule has 0 aliphatic carbocycles. The first-order valence-corrected chi connectivity index (χ1v) is 9.26. The minimum atomic E-state index is -0.106. The van der Waals surface area contributed by atoms with Gasteiger partial charge in [-0.05, 0) is 37.6 Å². The van der Waals surface area contributed by atoms with Crippen LogP contribution in [0.3, 0.4) is 0 Å². The third-order valence-electron chi connectivity index (χ3n) is 4.87. The number of methoxy groups -OCH3 is 2. The van der Waals surface area contributed by atoms with E-state index in [2.05, 4.69) is 4.98 Å². The SMILES string of the molecule is COc1ccc(C(=O)N2CCCN(C(=O)c3ccc(C)nc3)CC2)c(OC)c1. The molecule has 148 valence electrons. The lowest BCUT2D eigenvalue weighted by atomic mass is 10.1. The number of carbonyl (C=O) groups excluding carboxylic acids is 2. The highest BCUT2D eigenvalue weighted by Crippen LogP contribution is 2.26. The van der Waals surface area contributed by atoms with E-state index in [0.29, 0.717) is 48.8 Å². The summed E-state index contributed by atoms with van der Waals surface area (Å²) in [5, 5.41) is 0. The monoisotopic (exact) mass is 383 g/mol. The molecule has 0 unspecified atom stereocenters. The fourth-order valence-electron chi connectivity index (χ4n) is 3.25. The molecule has 1 fully saturated rings. The van der Waals surface area contributed by atoms with E-state index in [1.54, 1.807) is 47.4 Å². The van der Waals surface area contributed by atoms with Crippen LogP contribution in [-0.2, 0) is 0 Å². The highest BCUT2D eigenvalue weighted by atomic mass is 16.5. The highest BCUT2D eigenvalue weighted by molar-refractivity contribution is 5.97. The largest absolute Gasteiger partial charge is 0.497 e. The number of pyridine rings is 1. The minimum absolute atomic E-state index is 0.0520. The molecule has 7 heteroatoms. The zero-order valence-corrected chi connectivity index (χ0v) is 16.5. The third kappa shape index (κ3) is 4.24. The van der Waals surface area contributed by atoms with Gasteiger partial charge in [-0.15, -0.1) is 0 Å². The van der Waals surface area contributed by atoms with Crippen molar-refractivity contribution in [3.05, 3.63) is 53.3 Å². The summed E-state index contributed by atoms with van der Waals surface area (Å²) in [6, 6.07) is 8.78. The molecule has 1 aliphatic rings. The number of ether oxygens (including phenoxy) is 2. The summed E-state index contributed by atoms with van der Waals surface area (Å²) in [4.78, 5) is 33.5. The van der Waals surface area contributed by atoms with Crippen LogP contribution >= 0.6 is 0 Å². The average Bonchev–Trinajstić information content (AvgIpc) is 2.99. The fourth-order valence-corrected chi connectivity index (χ4v) is 3.25. The number of aromatic nitrogens is 1. The first-order chi connectivity index (χ1) is 13.5. The van der Waals surface area contributed by atoms with Gasteiger partial charge >= 0.3 is 0 Å². The Morgan fingerprint density at radius 2 is 1.64 bits per heavy atom. The van der Waals surface area contributed by atoms with Gasteiger partial charge in [-0.25, -0.2) is 0 Å². The average molecular weight is 383 g/mol. The van der Waals surface area contributed by atoms with Gasteiger partial charge in [0.15, 0.2) is 0 Å². The summed E-state index contributed by atoms with van der Waals surface area (Å²) in [5.74, 6) is 0.953. The second-order valence-corrected chi connectivity index (χ2v) is 6.69. The molecule has 0 saturated carbocycles. The molecule has 0 radical (unpaired) electrons. The number of aryl methyl sites for hydroxylation is 1. The van der Waals surface area contributed by atoms with Crippen LogP contribution in [0.4, 0.5) is 0 Å². The topological polar surface area (TPSA) is 72.0 Å². The van der Waals surface area contributed by atoms with Crippen molar-refractivity contribution in [3.63, 3.8) is 0 Å². The number of carbonyl (C=O) groups is 2. The molecule has 2 aromatic rings. The first kappa shape index (κ1) is 19.7. The Balaban J connectivity index is 1.70. The van der Waals surface area contributed by atoms with Gasteiger partial charge in [0.05, 0.1) is 25.3 Å². The van der Waals surface area contributed by atoms with E-state index in [9.17, 15) is 9.59 Å². The van der Waals surface area contributed by atoms with Gasteiger partial charge in [-0.1, -0.05) is 0 Å². The van der Waals surface area contributed by atoms with E-state index in [-0.39, 0.29) is 11.8 Å². The van der Waals surface area contributed by atoms with Crippen LogP contribution in [0.25, 0.3) is 0 Å². The maximum Gasteiger partial charge on any atom is 0.257 e. The van der Waals surface area contributed by atoms with Crippen LogP contribution in [0, 0.1) is 6.92 Å². The van der Waals surface area contributed by atoms with E-state index in [0.717, 1.165) is 12.1 Å². The van der Waals surface area contributed by atoms with Gasteiger partial charge in [-0.2, -0.15) is 0 Å². The van der Waals surface area contributed by atoms with Crippen LogP contribution < -0.4 is 9.47 Å². The van der Waals surface area contributed by atoms with E-state index >= 15 is 0 Å². The number of nitrogens with zero attached hydrogens (tertiary/aromatic N) is 3. The maximum atomic E-state index is 13.0. The van der Waals surface area contributed by atoms with Crippen molar-refractivity contribution in [3.8, 4) is 11.5 Å². The van der Waals surface area contributed by atoms with Gasteiger partial charge < -0.3 is 19.3 Å². The van der Waals surface area contributed by atoms with E-state index < -0.39 is 0 Å². The molecule has 2 amide bonds. The van der Waals surface area contributed by atoms with Crippen molar-refractivity contribution < 1.29 is 19.1 Å². The normalized spacial score (nSPS) is 14.4. The zero-order valence-electron chi connectivity index (χ0n) is 16.5. The van der Waals surface area contributed by atoms with Crippen molar-refractivity contribution in [2.45, 2.75) is 13.3 Å². The molecule has 2 heterocycles. The Labute approximate surface area is 164 Å². The lowest BCUT2D eigenvalue weighted by Gasteiger charge is -2.23. The zero-order chi connectivity index (χ0) is 20.1. The highest BCUT2D eigenvalue weighted by Gasteiger charge is 2.25. The first-order valence-electron chi connectivity index (χ1n) is 9.26. The number of hydrogen-bond acceptors (Lipinski definition) is 5. The van der Waals surface area contributed by atoms with E-state index in [1.807, 2.05) is 13.0 Å². The molecular formula is C21H25N3O4. The van der Waals surface area contributed by atoms with Crippen LogP contribution in [0.2, 0.25) is 0 Å². The van der Waals surface area contributed by atoms with E-state index in [4.69, 9.17) is 9.47 Å². The predicted octanol–water partition coefficient (Wildman–Crippen LogP) is 2.40. The predicted molar refractivity (Wildman–Crippen MR) is 105 cm³/mol. The van der Waals surface area contributed by atoms with Crippen molar-refractivity contribution in [2.24, 2.45) is 0 Å². The minimum Gasteiger partial charge on any atom is -0.497 e. The van der Waals surface area contributed by atoms with Crippen LogP contribution in [0.15, 0.2) is 36.5 Å². The van der Waals surface area contributed by atoms with Gasteiger partial charge in [0.1, 0.15) is 11.5 Å². The summed E-state index contributed by atoms with van der Waals surface area (Å²) in [7, 11) is 3.10. The van der Waals surface area contributed by atoms with Gasteiger partial charge in [-0.3, -0.25) is 14.6 Å². The summed E-state index contributed by atoms with van der Waals surface area (Å²) in [6.45, 7) is 4.03. The van der Waals surface area contributed by atoms with Crippen molar-refractivity contribution in [1.82, 2.24) is 14.8 Å². The number of hydrogen-bond donors (Lipinski definition) is 0. The van der Waals surface area contributed by atoms with Crippen molar-refractivity contribution >= 4 is 11.8 Å². The van der Waals surface area contributed by atoms with Crippen LogP contribution in [0.1, 0.15) is 32.8 Å².